The van der Waals surface area contributed by atoms with Crippen molar-refractivity contribution >= 4 is 17.0 Å². The molecule has 0 aliphatic heterocycles. The van der Waals surface area contributed by atoms with E-state index in [1.54, 1.807) is 7.11 Å². The first-order chi connectivity index (χ1) is 9.28. The van der Waals surface area contributed by atoms with Crippen molar-refractivity contribution in [3.63, 3.8) is 0 Å². The second-order valence-electron chi connectivity index (χ2n) is 4.23. The first-order valence-corrected chi connectivity index (χ1v) is 7.10. The van der Waals surface area contributed by atoms with Crippen molar-refractivity contribution in [2.24, 2.45) is 0 Å². The second-order valence-corrected chi connectivity index (χ2v) is 5.60. The highest BCUT2D eigenvalue weighted by Crippen LogP contribution is 2.19. The topological polar surface area (TPSA) is 30.5 Å². The van der Waals surface area contributed by atoms with Crippen molar-refractivity contribution in [3.05, 3.63) is 46.2 Å². The van der Waals surface area contributed by atoms with Gasteiger partial charge in [0.2, 0.25) is 0 Å². The molecule has 3 nitrogen and oxygen atoms in total. The van der Waals surface area contributed by atoms with Gasteiger partial charge in [-0.1, -0.05) is 0 Å². The van der Waals surface area contributed by atoms with Crippen LogP contribution in [0.1, 0.15) is 9.75 Å². The van der Waals surface area contributed by atoms with Crippen molar-refractivity contribution in [3.8, 4) is 5.75 Å². The van der Waals surface area contributed by atoms with Gasteiger partial charge in [-0.3, -0.25) is 0 Å². The molecule has 0 aliphatic rings. The fraction of sp³-hybridized carbons (Fsp3) is 0.333. The fourth-order valence-electron chi connectivity index (χ4n) is 1.68. The Morgan fingerprint density at radius 3 is 2.47 bits per heavy atom. The number of hydrogen-bond donors (Lipinski definition) is 1. The lowest BCUT2D eigenvalue weighted by molar-refractivity contribution is 0.146. The summed E-state index contributed by atoms with van der Waals surface area (Å²) in [7, 11) is 1.67. The number of thiophene rings is 1. The molecule has 0 radical (unpaired) electrons. The van der Waals surface area contributed by atoms with Gasteiger partial charge in [0.1, 0.15) is 12.4 Å². The minimum Gasteiger partial charge on any atom is -0.491 e. The Kier molecular flexibility index (Phi) is 5.24. The van der Waals surface area contributed by atoms with Gasteiger partial charge >= 0.3 is 0 Å². The van der Waals surface area contributed by atoms with Crippen molar-refractivity contribution in [1.82, 2.24) is 0 Å². The molecule has 19 heavy (non-hydrogen) atoms. The molecular formula is C15H19NO2S. The van der Waals surface area contributed by atoms with Gasteiger partial charge in [0, 0.05) is 29.1 Å². The fourth-order valence-corrected chi connectivity index (χ4v) is 2.51. The van der Waals surface area contributed by atoms with Gasteiger partial charge in [-0.2, -0.15) is 0 Å². The van der Waals surface area contributed by atoms with Crippen LogP contribution in [0.2, 0.25) is 0 Å². The van der Waals surface area contributed by atoms with E-state index in [4.69, 9.17) is 9.47 Å². The molecule has 102 valence electrons. The van der Waals surface area contributed by atoms with Crippen LogP contribution < -0.4 is 10.1 Å². The Morgan fingerprint density at radius 2 is 1.84 bits per heavy atom. The Hall–Kier alpha value is -1.52. The van der Waals surface area contributed by atoms with E-state index in [2.05, 4.69) is 24.4 Å². The van der Waals surface area contributed by atoms with Crippen molar-refractivity contribution in [2.45, 2.75) is 13.5 Å². The van der Waals surface area contributed by atoms with Crippen LogP contribution in [0, 0.1) is 6.92 Å². The highest BCUT2D eigenvalue weighted by molar-refractivity contribution is 7.11. The Labute approximate surface area is 118 Å². The summed E-state index contributed by atoms with van der Waals surface area (Å²) < 4.78 is 10.5. The maximum atomic E-state index is 5.52. The molecule has 4 heteroatoms. The molecular weight excluding hydrogens is 258 g/mol. The minimum atomic E-state index is 0.581. The maximum absolute atomic E-state index is 5.52. The van der Waals surface area contributed by atoms with Crippen LogP contribution >= 0.6 is 11.3 Å². The highest BCUT2D eigenvalue weighted by Gasteiger charge is 1.98. The average molecular weight is 277 g/mol. The molecule has 0 atom stereocenters. The summed E-state index contributed by atoms with van der Waals surface area (Å²) in [6, 6.07) is 12.3. The summed E-state index contributed by atoms with van der Waals surface area (Å²) in [5.74, 6) is 0.870. The predicted octanol–water partition coefficient (Wildman–Crippen LogP) is 3.69. The predicted molar refractivity (Wildman–Crippen MR) is 80.2 cm³/mol. The van der Waals surface area contributed by atoms with Crippen LogP contribution in [0.15, 0.2) is 36.4 Å². The third-order valence-corrected chi connectivity index (χ3v) is 3.67. The van der Waals surface area contributed by atoms with Gasteiger partial charge < -0.3 is 14.8 Å². The summed E-state index contributed by atoms with van der Waals surface area (Å²) >= 11 is 1.82. The average Bonchev–Trinajstić information content (AvgIpc) is 2.84. The summed E-state index contributed by atoms with van der Waals surface area (Å²) in [5.41, 5.74) is 1.10. The maximum Gasteiger partial charge on any atom is 0.119 e. The van der Waals surface area contributed by atoms with Gasteiger partial charge in [0.05, 0.1) is 6.61 Å². The third kappa shape index (κ3) is 4.58. The molecule has 1 aromatic heterocycles. The molecule has 1 N–H and O–H groups in total. The SMILES string of the molecule is COCCOc1ccc(NCc2ccc(C)s2)cc1. The molecule has 0 fully saturated rings. The minimum absolute atomic E-state index is 0.581. The Bertz CT molecular complexity index is 493. The normalized spacial score (nSPS) is 10.4. The van der Waals surface area contributed by atoms with E-state index in [1.165, 1.54) is 9.75 Å². The van der Waals surface area contributed by atoms with Crippen LogP contribution in [0.3, 0.4) is 0 Å². The molecule has 2 rings (SSSR count). The van der Waals surface area contributed by atoms with Crippen molar-refractivity contribution < 1.29 is 9.47 Å². The van der Waals surface area contributed by atoms with Gasteiger partial charge in [0.25, 0.3) is 0 Å². The summed E-state index contributed by atoms with van der Waals surface area (Å²) in [6.07, 6.45) is 0. The summed E-state index contributed by atoms with van der Waals surface area (Å²) in [4.78, 5) is 2.69. The summed E-state index contributed by atoms with van der Waals surface area (Å²) in [6.45, 7) is 4.18. The zero-order chi connectivity index (χ0) is 13.5. The second kappa shape index (κ2) is 7.16. The molecule has 1 heterocycles. The Balaban J connectivity index is 1.81. The molecule has 2 aromatic rings. The van der Waals surface area contributed by atoms with E-state index in [1.807, 2.05) is 35.6 Å². The number of aryl methyl sites for hydroxylation is 1. The van der Waals surface area contributed by atoms with Crippen LogP contribution in [-0.2, 0) is 11.3 Å². The molecule has 1 aromatic carbocycles. The standard InChI is InChI=1S/C15H19NO2S/c1-12-3-8-15(19-12)11-16-13-4-6-14(7-5-13)18-10-9-17-2/h3-8,16H,9-11H2,1-2H3. The molecule has 0 unspecified atom stereocenters. The van der Waals surface area contributed by atoms with Gasteiger partial charge in [0.15, 0.2) is 0 Å². The molecule has 0 spiro atoms. The lowest BCUT2D eigenvalue weighted by Crippen LogP contribution is -2.04. The van der Waals surface area contributed by atoms with E-state index in [0.717, 1.165) is 18.0 Å². The molecule has 0 saturated carbocycles. The number of methoxy groups -OCH3 is 1. The zero-order valence-corrected chi connectivity index (χ0v) is 12.1. The largest absolute Gasteiger partial charge is 0.491 e. The van der Waals surface area contributed by atoms with Crippen LogP contribution in [0.25, 0.3) is 0 Å². The van der Waals surface area contributed by atoms with Crippen molar-refractivity contribution in [2.75, 3.05) is 25.6 Å². The molecule has 0 amide bonds. The van der Waals surface area contributed by atoms with E-state index < -0.39 is 0 Å². The van der Waals surface area contributed by atoms with Crippen LogP contribution in [0.4, 0.5) is 5.69 Å². The first-order valence-electron chi connectivity index (χ1n) is 6.29. The van der Waals surface area contributed by atoms with E-state index in [-0.39, 0.29) is 0 Å². The number of rotatable bonds is 7. The smallest absolute Gasteiger partial charge is 0.119 e. The molecule has 0 aliphatic carbocycles. The van der Waals surface area contributed by atoms with Gasteiger partial charge in [-0.05, 0) is 43.3 Å². The number of ether oxygens (including phenoxy) is 2. The Morgan fingerprint density at radius 1 is 1.05 bits per heavy atom. The van der Waals surface area contributed by atoms with Gasteiger partial charge in [-0.15, -0.1) is 11.3 Å². The molecule has 0 saturated heterocycles. The lowest BCUT2D eigenvalue weighted by Gasteiger charge is -2.08. The number of hydrogen-bond acceptors (Lipinski definition) is 4. The number of anilines is 1. The first kappa shape index (κ1) is 13.9. The van der Waals surface area contributed by atoms with Crippen LogP contribution in [-0.4, -0.2) is 20.3 Å². The quantitative estimate of drug-likeness (QED) is 0.783. The third-order valence-electron chi connectivity index (χ3n) is 2.67. The highest BCUT2D eigenvalue weighted by atomic mass is 32.1. The number of benzene rings is 1. The van der Waals surface area contributed by atoms with Crippen molar-refractivity contribution in [1.29, 1.82) is 0 Å². The lowest BCUT2D eigenvalue weighted by atomic mass is 10.3. The van der Waals surface area contributed by atoms with Crippen LogP contribution in [0.5, 0.6) is 5.75 Å². The zero-order valence-electron chi connectivity index (χ0n) is 11.3. The van der Waals surface area contributed by atoms with E-state index in [9.17, 15) is 0 Å². The number of nitrogens with one attached hydrogen (secondary N) is 1. The van der Waals surface area contributed by atoms with E-state index in [0.29, 0.717) is 13.2 Å². The summed E-state index contributed by atoms with van der Waals surface area (Å²) in [5, 5.41) is 3.40. The monoisotopic (exact) mass is 277 g/mol. The van der Waals surface area contributed by atoms with E-state index >= 15 is 0 Å². The molecule has 0 bridgehead atoms. The van der Waals surface area contributed by atoms with Gasteiger partial charge in [-0.25, -0.2) is 0 Å².